The van der Waals surface area contributed by atoms with Crippen molar-refractivity contribution in [3.8, 4) is 0 Å². The molecule has 2 aromatic rings. The highest BCUT2D eigenvalue weighted by molar-refractivity contribution is 5.97. The van der Waals surface area contributed by atoms with E-state index in [-0.39, 0.29) is 5.91 Å². The Morgan fingerprint density at radius 1 is 1.50 bits per heavy atom. The van der Waals surface area contributed by atoms with Crippen molar-refractivity contribution in [1.82, 2.24) is 14.7 Å². The van der Waals surface area contributed by atoms with Crippen LogP contribution in [0.5, 0.6) is 0 Å². The van der Waals surface area contributed by atoms with E-state index in [2.05, 4.69) is 24.1 Å². The minimum Gasteiger partial charge on any atom is -0.383 e. The molecular formula is C15H22N4O. The van der Waals surface area contributed by atoms with Gasteiger partial charge in [-0.1, -0.05) is 26.8 Å². The molecule has 0 saturated heterocycles. The standard InChI is InChI=1S/C15H22N4O/c1-4-7-17-15(20)12-13(16)19-8-5-6-11(9-10(2)3)14(19)18-12/h5-6,8,10H,4,7,9,16H2,1-3H3,(H,17,20). The highest BCUT2D eigenvalue weighted by Gasteiger charge is 2.18. The van der Waals surface area contributed by atoms with Gasteiger partial charge in [0.15, 0.2) is 5.69 Å². The largest absolute Gasteiger partial charge is 0.383 e. The molecule has 0 spiro atoms. The van der Waals surface area contributed by atoms with Gasteiger partial charge in [-0.15, -0.1) is 0 Å². The van der Waals surface area contributed by atoms with E-state index in [9.17, 15) is 4.79 Å². The number of carbonyl (C=O) groups is 1. The molecule has 5 nitrogen and oxygen atoms in total. The molecule has 2 heterocycles. The maximum atomic E-state index is 12.1. The normalized spacial score (nSPS) is 11.2. The van der Waals surface area contributed by atoms with Gasteiger partial charge in [0.2, 0.25) is 0 Å². The summed E-state index contributed by atoms with van der Waals surface area (Å²) >= 11 is 0. The SMILES string of the molecule is CCCNC(=O)c1nc2c(CC(C)C)cccn2c1N. The Morgan fingerprint density at radius 2 is 2.25 bits per heavy atom. The lowest BCUT2D eigenvalue weighted by molar-refractivity contribution is 0.0950. The second kappa shape index (κ2) is 5.94. The molecular weight excluding hydrogens is 252 g/mol. The van der Waals surface area contributed by atoms with E-state index in [1.54, 1.807) is 4.40 Å². The van der Waals surface area contributed by atoms with Gasteiger partial charge in [0.05, 0.1) is 0 Å². The fourth-order valence-corrected chi connectivity index (χ4v) is 2.23. The minimum absolute atomic E-state index is 0.205. The Bertz CT molecular complexity index is 616. The number of pyridine rings is 1. The number of aromatic nitrogens is 2. The Kier molecular flexibility index (Phi) is 4.27. The fourth-order valence-electron chi connectivity index (χ4n) is 2.23. The van der Waals surface area contributed by atoms with Gasteiger partial charge in [-0.3, -0.25) is 9.20 Å². The molecule has 5 heteroatoms. The van der Waals surface area contributed by atoms with Crippen LogP contribution in [-0.2, 0) is 6.42 Å². The van der Waals surface area contributed by atoms with Crippen molar-refractivity contribution in [2.45, 2.75) is 33.6 Å². The number of imidazole rings is 1. The average molecular weight is 274 g/mol. The summed E-state index contributed by atoms with van der Waals surface area (Å²) in [6, 6.07) is 3.98. The van der Waals surface area contributed by atoms with Crippen LogP contribution in [0.2, 0.25) is 0 Å². The van der Waals surface area contributed by atoms with Crippen LogP contribution in [0.1, 0.15) is 43.2 Å². The molecule has 0 saturated carbocycles. The topological polar surface area (TPSA) is 72.4 Å². The molecule has 20 heavy (non-hydrogen) atoms. The van der Waals surface area contributed by atoms with Crippen LogP contribution in [0.15, 0.2) is 18.3 Å². The molecule has 0 fully saturated rings. The molecule has 0 atom stereocenters. The Morgan fingerprint density at radius 3 is 2.90 bits per heavy atom. The molecule has 108 valence electrons. The summed E-state index contributed by atoms with van der Waals surface area (Å²) in [6.07, 6.45) is 3.65. The fraction of sp³-hybridized carbons (Fsp3) is 0.467. The number of nitrogens with one attached hydrogen (secondary N) is 1. The van der Waals surface area contributed by atoms with Crippen molar-refractivity contribution in [2.24, 2.45) is 5.92 Å². The van der Waals surface area contributed by atoms with Gasteiger partial charge in [-0.25, -0.2) is 4.98 Å². The van der Waals surface area contributed by atoms with Gasteiger partial charge >= 0.3 is 0 Å². The summed E-state index contributed by atoms with van der Waals surface area (Å²) in [4.78, 5) is 16.5. The molecule has 0 unspecified atom stereocenters. The Labute approximate surface area is 119 Å². The lowest BCUT2D eigenvalue weighted by atomic mass is 10.0. The van der Waals surface area contributed by atoms with E-state index in [0.29, 0.717) is 24.0 Å². The van der Waals surface area contributed by atoms with Gasteiger partial charge in [-0.2, -0.15) is 0 Å². The van der Waals surface area contributed by atoms with E-state index in [0.717, 1.165) is 24.1 Å². The lowest BCUT2D eigenvalue weighted by Gasteiger charge is -2.06. The van der Waals surface area contributed by atoms with Crippen LogP contribution < -0.4 is 11.1 Å². The predicted octanol–water partition coefficient (Wildman–Crippen LogP) is 2.25. The molecule has 0 aliphatic carbocycles. The monoisotopic (exact) mass is 274 g/mol. The number of amides is 1. The summed E-state index contributed by atoms with van der Waals surface area (Å²) < 4.78 is 1.79. The zero-order valence-electron chi connectivity index (χ0n) is 12.3. The average Bonchev–Trinajstić information content (AvgIpc) is 2.74. The second-order valence-electron chi connectivity index (χ2n) is 5.43. The predicted molar refractivity (Wildman–Crippen MR) is 80.8 cm³/mol. The van der Waals surface area contributed by atoms with Crippen molar-refractivity contribution < 1.29 is 4.79 Å². The first kappa shape index (κ1) is 14.4. The van der Waals surface area contributed by atoms with E-state index >= 15 is 0 Å². The van der Waals surface area contributed by atoms with Gasteiger partial charge in [-0.05, 0) is 30.4 Å². The summed E-state index contributed by atoms with van der Waals surface area (Å²) in [5, 5.41) is 2.82. The molecule has 3 N–H and O–H groups in total. The zero-order valence-corrected chi connectivity index (χ0v) is 12.3. The van der Waals surface area contributed by atoms with Crippen LogP contribution in [0.3, 0.4) is 0 Å². The van der Waals surface area contributed by atoms with Crippen LogP contribution >= 0.6 is 0 Å². The number of nitrogen functional groups attached to an aromatic ring is 1. The van der Waals surface area contributed by atoms with Crippen LogP contribution in [-0.4, -0.2) is 21.8 Å². The third-order valence-electron chi connectivity index (χ3n) is 3.15. The van der Waals surface area contributed by atoms with Crippen molar-refractivity contribution in [3.05, 3.63) is 29.6 Å². The number of rotatable bonds is 5. The maximum absolute atomic E-state index is 12.1. The first-order valence-electron chi connectivity index (χ1n) is 7.08. The van der Waals surface area contributed by atoms with Gasteiger partial charge in [0.25, 0.3) is 5.91 Å². The van der Waals surface area contributed by atoms with Crippen molar-refractivity contribution in [1.29, 1.82) is 0 Å². The van der Waals surface area contributed by atoms with E-state index < -0.39 is 0 Å². The maximum Gasteiger partial charge on any atom is 0.273 e. The number of carbonyl (C=O) groups excluding carboxylic acids is 1. The van der Waals surface area contributed by atoms with Crippen LogP contribution in [0.25, 0.3) is 5.65 Å². The van der Waals surface area contributed by atoms with Crippen LogP contribution in [0, 0.1) is 5.92 Å². The van der Waals surface area contributed by atoms with Gasteiger partial charge in [0, 0.05) is 12.7 Å². The van der Waals surface area contributed by atoms with Gasteiger partial charge < -0.3 is 11.1 Å². The Balaban J connectivity index is 2.43. The molecule has 0 aliphatic rings. The van der Waals surface area contributed by atoms with Crippen LogP contribution in [0.4, 0.5) is 5.82 Å². The van der Waals surface area contributed by atoms with Crippen molar-refractivity contribution in [2.75, 3.05) is 12.3 Å². The van der Waals surface area contributed by atoms with E-state index in [1.807, 2.05) is 25.3 Å². The van der Waals surface area contributed by atoms with E-state index in [1.165, 1.54) is 0 Å². The first-order valence-corrected chi connectivity index (χ1v) is 7.08. The summed E-state index contributed by atoms with van der Waals surface area (Å²) in [5.74, 6) is 0.722. The number of hydrogen-bond acceptors (Lipinski definition) is 3. The third kappa shape index (κ3) is 2.76. The summed E-state index contributed by atoms with van der Waals surface area (Å²) in [5.41, 5.74) is 8.26. The molecule has 0 bridgehead atoms. The smallest absolute Gasteiger partial charge is 0.273 e. The molecule has 0 aromatic carbocycles. The summed E-state index contributed by atoms with van der Waals surface area (Å²) in [6.45, 7) is 6.95. The Hall–Kier alpha value is -2.04. The molecule has 2 rings (SSSR count). The van der Waals surface area contributed by atoms with Crippen molar-refractivity contribution >= 4 is 17.4 Å². The lowest BCUT2D eigenvalue weighted by Crippen LogP contribution is -2.25. The molecule has 0 aliphatic heterocycles. The molecule has 1 amide bonds. The summed E-state index contributed by atoms with van der Waals surface area (Å²) in [7, 11) is 0. The van der Waals surface area contributed by atoms with E-state index in [4.69, 9.17) is 5.73 Å². The number of nitrogens with zero attached hydrogens (tertiary/aromatic N) is 2. The quantitative estimate of drug-likeness (QED) is 0.878. The highest BCUT2D eigenvalue weighted by Crippen LogP contribution is 2.20. The number of anilines is 1. The number of fused-ring (bicyclic) bond motifs is 1. The number of hydrogen-bond donors (Lipinski definition) is 2. The second-order valence-corrected chi connectivity index (χ2v) is 5.43. The van der Waals surface area contributed by atoms with Crippen molar-refractivity contribution in [3.63, 3.8) is 0 Å². The zero-order chi connectivity index (χ0) is 14.7. The third-order valence-corrected chi connectivity index (χ3v) is 3.15. The number of nitrogens with two attached hydrogens (primary N) is 1. The molecule has 0 radical (unpaired) electrons. The first-order chi connectivity index (χ1) is 9.54. The minimum atomic E-state index is -0.205. The highest BCUT2D eigenvalue weighted by atomic mass is 16.1. The van der Waals surface area contributed by atoms with Gasteiger partial charge in [0.1, 0.15) is 11.5 Å². The molecule has 2 aromatic heterocycles.